The normalized spacial score (nSPS) is 18.9. The van der Waals surface area contributed by atoms with Gasteiger partial charge in [0.25, 0.3) is 0 Å². The van der Waals surface area contributed by atoms with Crippen LogP contribution in [0.25, 0.3) is 0 Å². The molecule has 3 aromatic carbocycles. The number of benzene rings is 3. The Bertz CT molecular complexity index is 1100. The van der Waals surface area contributed by atoms with E-state index in [9.17, 15) is 8.78 Å². The Kier molecular flexibility index (Phi) is 7.19. The number of halogens is 2. The lowest BCUT2D eigenvalue weighted by Crippen LogP contribution is -2.51. The monoisotopic (exact) mass is 467 g/mol. The molecule has 0 saturated carbocycles. The second-order valence-corrected chi connectivity index (χ2v) is 9.40. The van der Waals surface area contributed by atoms with Crippen molar-refractivity contribution >= 4 is 5.69 Å². The zero-order valence-corrected chi connectivity index (χ0v) is 20.0. The molecule has 6 heteroatoms. The third-order valence-corrected chi connectivity index (χ3v) is 5.82. The van der Waals surface area contributed by atoms with Crippen molar-refractivity contribution in [1.82, 2.24) is 0 Å². The zero-order valence-electron chi connectivity index (χ0n) is 20.0. The smallest absolute Gasteiger partial charge is 0.132 e. The van der Waals surface area contributed by atoms with E-state index < -0.39 is 5.60 Å². The van der Waals surface area contributed by atoms with Gasteiger partial charge in [-0.25, -0.2) is 8.78 Å². The van der Waals surface area contributed by atoms with Crippen LogP contribution in [0, 0.1) is 11.6 Å². The highest BCUT2D eigenvalue weighted by molar-refractivity contribution is 5.54. The van der Waals surface area contributed by atoms with Crippen LogP contribution in [0.4, 0.5) is 14.5 Å². The van der Waals surface area contributed by atoms with E-state index in [1.54, 1.807) is 24.3 Å². The van der Waals surface area contributed by atoms with E-state index >= 15 is 0 Å². The fourth-order valence-electron chi connectivity index (χ4n) is 4.14. The molecule has 0 aliphatic carbocycles. The van der Waals surface area contributed by atoms with Crippen molar-refractivity contribution in [3.8, 4) is 5.75 Å². The molecule has 0 saturated heterocycles. The maximum atomic E-state index is 13.3. The average molecular weight is 468 g/mol. The van der Waals surface area contributed by atoms with Gasteiger partial charge < -0.3 is 19.5 Å². The third-order valence-electron chi connectivity index (χ3n) is 5.82. The van der Waals surface area contributed by atoms with Crippen molar-refractivity contribution in [3.05, 3.63) is 95.1 Å². The summed E-state index contributed by atoms with van der Waals surface area (Å²) in [5.74, 6) is 0.225. The first-order chi connectivity index (χ1) is 16.2. The summed E-state index contributed by atoms with van der Waals surface area (Å²) in [4.78, 5) is 0. The van der Waals surface area contributed by atoms with E-state index in [-0.39, 0.29) is 29.9 Å². The van der Waals surface area contributed by atoms with Gasteiger partial charge in [0.05, 0.1) is 12.7 Å². The first-order valence-electron chi connectivity index (χ1n) is 11.5. The van der Waals surface area contributed by atoms with E-state index in [0.29, 0.717) is 13.2 Å². The molecular weight excluding hydrogens is 436 g/mol. The molecule has 1 aliphatic rings. The first kappa shape index (κ1) is 24.2. The lowest BCUT2D eigenvalue weighted by molar-refractivity contribution is -0.177. The lowest BCUT2D eigenvalue weighted by Gasteiger charge is -2.45. The molecule has 4 rings (SSSR count). The number of hydrogen-bond acceptors (Lipinski definition) is 4. The molecule has 4 nitrogen and oxygen atoms in total. The van der Waals surface area contributed by atoms with E-state index in [1.807, 2.05) is 45.9 Å². The highest BCUT2D eigenvalue weighted by atomic mass is 19.1. The number of ether oxygens (including phenoxy) is 3. The van der Waals surface area contributed by atoms with Crippen LogP contribution in [0.5, 0.6) is 5.75 Å². The van der Waals surface area contributed by atoms with Crippen LogP contribution in [0.15, 0.2) is 66.7 Å². The van der Waals surface area contributed by atoms with Crippen LogP contribution in [-0.2, 0) is 22.6 Å². The number of rotatable bonds is 8. The van der Waals surface area contributed by atoms with Gasteiger partial charge in [-0.1, -0.05) is 24.3 Å². The maximum Gasteiger partial charge on any atom is 0.132 e. The Balaban J connectivity index is 1.57. The van der Waals surface area contributed by atoms with Gasteiger partial charge in [-0.05, 0) is 81.3 Å². The van der Waals surface area contributed by atoms with E-state index in [0.717, 1.165) is 28.1 Å². The lowest BCUT2D eigenvalue weighted by atomic mass is 9.87. The van der Waals surface area contributed by atoms with Gasteiger partial charge in [0.15, 0.2) is 0 Å². The van der Waals surface area contributed by atoms with Gasteiger partial charge in [-0.2, -0.15) is 0 Å². The highest BCUT2D eigenvalue weighted by Gasteiger charge is 2.46. The van der Waals surface area contributed by atoms with Gasteiger partial charge in [0.1, 0.15) is 35.2 Å². The Hall–Kier alpha value is -2.96. The van der Waals surface area contributed by atoms with Crippen molar-refractivity contribution in [2.45, 2.75) is 64.8 Å². The Morgan fingerprint density at radius 2 is 1.53 bits per heavy atom. The summed E-state index contributed by atoms with van der Waals surface area (Å²) in [5, 5.41) is 3.39. The topological polar surface area (TPSA) is 39.7 Å². The van der Waals surface area contributed by atoms with Crippen LogP contribution in [0.2, 0.25) is 0 Å². The molecule has 180 valence electrons. The Labute approximate surface area is 199 Å². The summed E-state index contributed by atoms with van der Waals surface area (Å²) >= 11 is 0. The molecule has 1 aliphatic heterocycles. The van der Waals surface area contributed by atoms with E-state index in [2.05, 4.69) is 5.32 Å². The van der Waals surface area contributed by atoms with Crippen molar-refractivity contribution in [2.75, 3.05) is 5.32 Å². The van der Waals surface area contributed by atoms with Crippen LogP contribution < -0.4 is 10.1 Å². The number of anilines is 1. The van der Waals surface area contributed by atoms with Crippen molar-refractivity contribution < 1.29 is 23.0 Å². The molecule has 0 bridgehead atoms. The second-order valence-electron chi connectivity index (χ2n) is 9.40. The molecule has 1 N–H and O–H groups in total. The summed E-state index contributed by atoms with van der Waals surface area (Å²) in [5.41, 5.74) is 3.02. The molecule has 34 heavy (non-hydrogen) atoms. The van der Waals surface area contributed by atoms with Crippen LogP contribution in [-0.4, -0.2) is 17.8 Å². The van der Waals surface area contributed by atoms with Gasteiger partial charge >= 0.3 is 0 Å². The largest absolute Gasteiger partial charge is 0.485 e. The van der Waals surface area contributed by atoms with E-state index in [1.165, 1.54) is 24.3 Å². The van der Waals surface area contributed by atoms with Crippen molar-refractivity contribution in [1.29, 1.82) is 0 Å². The molecule has 2 unspecified atom stereocenters. The molecule has 0 amide bonds. The summed E-state index contributed by atoms with van der Waals surface area (Å²) in [6.45, 7) is 8.84. The molecule has 1 heterocycles. The fraction of sp³-hybridized carbons (Fsp3) is 0.357. The summed E-state index contributed by atoms with van der Waals surface area (Å²) < 4.78 is 45.6. The SMILES string of the molecule is CC(C)OC1c2cc(NCc3ccc(F)cc3)ccc2OC(C)(C)C1OCc1ccc(F)cc1. The summed E-state index contributed by atoms with van der Waals surface area (Å²) in [6, 6.07) is 18.6. The number of fused-ring (bicyclic) bond motifs is 1. The molecule has 0 fully saturated rings. The molecule has 2 atom stereocenters. The Morgan fingerprint density at radius 1 is 0.912 bits per heavy atom. The zero-order chi connectivity index (χ0) is 24.3. The average Bonchev–Trinajstić information content (AvgIpc) is 2.79. The fourth-order valence-corrected chi connectivity index (χ4v) is 4.14. The standard InChI is InChI=1S/C28H31F2NO3/c1-18(2)33-26-24-15-23(31-16-19-5-9-21(29)10-6-19)13-14-25(24)34-28(3,4)27(26)32-17-20-7-11-22(30)12-8-20/h5-15,18,26-27,31H,16-17H2,1-4H3. The predicted molar refractivity (Wildman–Crippen MR) is 129 cm³/mol. The van der Waals surface area contributed by atoms with Crippen LogP contribution >= 0.6 is 0 Å². The molecule has 0 aromatic heterocycles. The minimum atomic E-state index is -0.643. The minimum absolute atomic E-state index is 0.0282. The highest BCUT2D eigenvalue weighted by Crippen LogP contribution is 2.45. The minimum Gasteiger partial charge on any atom is -0.485 e. The predicted octanol–water partition coefficient (Wildman–Crippen LogP) is 6.80. The van der Waals surface area contributed by atoms with Gasteiger partial charge in [-0.15, -0.1) is 0 Å². The summed E-state index contributed by atoms with van der Waals surface area (Å²) in [6.07, 6.45) is -0.772. The van der Waals surface area contributed by atoms with Gasteiger partial charge in [0.2, 0.25) is 0 Å². The molecule has 0 spiro atoms. The quantitative estimate of drug-likeness (QED) is 0.396. The van der Waals surface area contributed by atoms with Crippen LogP contribution in [0.1, 0.15) is 50.5 Å². The molecule has 0 radical (unpaired) electrons. The number of hydrogen-bond donors (Lipinski definition) is 1. The molecule has 3 aromatic rings. The van der Waals surface area contributed by atoms with Crippen LogP contribution in [0.3, 0.4) is 0 Å². The van der Waals surface area contributed by atoms with Crippen molar-refractivity contribution in [2.24, 2.45) is 0 Å². The summed E-state index contributed by atoms with van der Waals surface area (Å²) in [7, 11) is 0. The number of nitrogens with one attached hydrogen (secondary N) is 1. The van der Waals surface area contributed by atoms with E-state index in [4.69, 9.17) is 14.2 Å². The second kappa shape index (κ2) is 10.1. The Morgan fingerprint density at radius 3 is 2.15 bits per heavy atom. The first-order valence-corrected chi connectivity index (χ1v) is 11.5. The maximum absolute atomic E-state index is 13.3. The third kappa shape index (κ3) is 5.75. The van der Waals surface area contributed by atoms with Gasteiger partial charge in [0, 0.05) is 17.8 Å². The molecular formula is C28H31F2NO3. The van der Waals surface area contributed by atoms with Gasteiger partial charge in [-0.3, -0.25) is 0 Å². The van der Waals surface area contributed by atoms with Crippen molar-refractivity contribution in [3.63, 3.8) is 0 Å².